The first-order valence-corrected chi connectivity index (χ1v) is 9.36. The number of H-pyrrole nitrogens is 1. The van der Waals surface area contributed by atoms with Crippen molar-refractivity contribution >= 4 is 0 Å². The molecule has 4 heterocycles. The summed E-state index contributed by atoms with van der Waals surface area (Å²) in [4.78, 5) is 4.21. The molecule has 1 aromatic carbocycles. The predicted molar refractivity (Wildman–Crippen MR) is 108 cm³/mol. The number of aryl methyl sites for hydroxylation is 2. The zero-order valence-electron chi connectivity index (χ0n) is 16.4. The largest absolute Gasteiger partial charge is 0.420 e. The van der Waals surface area contributed by atoms with Gasteiger partial charge in [0.25, 0.3) is 0 Å². The number of nitrogens with two attached hydrogens (primary N) is 1. The third-order valence-electron chi connectivity index (χ3n) is 5.25. The standard InChI is InChI=1S/C21H18N8O/c1-12-16-18(15(10-22)19(23)30-20(16)26-25-12)17-13(2)27-29(14-6-4-3-5-7-14)21(17)28-9-8-24-11-28/h3-9,11,18H,23H2,1-2H3,(H,25,26). The van der Waals surface area contributed by atoms with Crippen molar-refractivity contribution in [2.24, 2.45) is 5.73 Å². The van der Waals surface area contributed by atoms with Crippen molar-refractivity contribution in [1.82, 2.24) is 29.5 Å². The zero-order chi connectivity index (χ0) is 20.8. The van der Waals surface area contributed by atoms with E-state index in [-0.39, 0.29) is 5.88 Å². The molecule has 1 aliphatic heterocycles. The van der Waals surface area contributed by atoms with Crippen LogP contribution in [0.1, 0.15) is 28.4 Å². The SMILES string of the molecule is Cc1nn(-c2ccccc2)c(-n2ccnc2)c1C1C(C#N)=C(N)Oc2n[nH]c(C)c21. The number of hydrogen-bond acceptors (Lipinski definition) is 6. The van der Waals surface area contributed by atoms with Gasteiger partial charge in [0.05, 0.1) is 17.3 Å². The minimum atomic E-state index is -0.479. The number of hydrogen-bond donors (Lipinski definition) is 2. The van der Waals surface area contributed by atoms with Crippen molar-refractivity contribution in [3.8, 4) is 23.5 Å². The number of benzene rings is 1. The Balaban J connectivity index is 1.85. The van der Waals surface area contributed by atoms with Gasteiger partial charge in [-0.05, 0) is 26.0 Å². The van der Waals surface area contributed by atoms with E-state index >= 15 is 0 Å². The van der Waals surface area contributed by atoms with Crippen LogP contribution in [0.25, 0.3) is 11.5 Å². The average Bonchev–Trinajstić information content (AvgIpc) is 3.47. The second-order valence-electron chi connectivity index (χ2n) is 7.03. The summed E-state index contributed by atoms with van der Waals surface area (Å²) in [6, 6.07) is 12.0. The monoisotopic (exact) mass is 398 g/mol. The molecule has 30 heavy (non-hydrogen) atoms. The Morgan fingerprint density at radius 3 is 2.70 bits per heavy atom. The fourth-order valence-corrected chi connectivity index (χ4v) is 3.93. The van der Waals surface area contributed by atoms with Crippen molar-refractivity contribution in [2.75, 3.05) is 0 Å². The molecule has 0 fully saturated rings. The third kappa shape index (κ3) is 2.51. The molecule has 0 saturated heterocycles. The van der Waals surface area contributed by atoms with Crippen LogP contribution in [-0.4, -0.2) is 29.5 Å². The van der Waals surface area contributed by atoms with Crippen LogP contribution in [-0.2, 0) is 0 Å². The zero-order valence-corrected chi connectivity index (χ0v) is 16.4. The number of aromatic nitrogens is 6. The van der Waals surface area contributed by atoms with Crippen LogP contribution in [0.2, 0.25) is 0 Å². The van der Waals surface area contributed by atoms with Gasteiger partial charge in [0.2, 0.25) is 11.8 Å². The first-order valence-electron chi connectivity index (χ1n) is 9.36. The van der Waals surface area contributed by atoms with Crippen molar-refractivity contribution in [2.45, 2.75) is 19.8 Å². The highest BCUT2D eigenvalue weighted by Gasteiger charge is 2.38. The number of allylic oxidation sites excluding steroid dienone is 1. The minimum absolute atomic E-state index is 0.0462. The van der Waals surface area contributed by atoms with Gasteiger partial charge in [-0.2, -0.15) is 10.4 Å². The predicted octanol–water partition coefficient (Wildman–Crippen LogP) is 2.62. The number of para-hydroxylation sites is 1. The number of ether oxygens (including phenoxy) is 1. The number of fused-ring (bicyclic) bond motifs is 1. The maximum absolute atomic E-state index is 9.94. The molecule has 3 N–H and O–H groups in total. The van der Waals surface area contributed by atoms with Gasteiger partial charge in [0, 0.05) is 29.2 Å². The number of nitrogens with zero attached hydrogens (tertiary/aromatic N) is 6. The molecule has 0 aliphatic carbocycles. The van der Waals surface area contributed by atoms with E-state index in [0.29, 0.717) is 11.5 Å². The molecule has 0 amide bonds. The van der Waals surface area contributed by atoms with Crippen LogP contribution in [0.15, 0.2) is 60.5 Å². The maximum Gasteiger partial charge on any atom is 0.244 e. The van der Waals surface area contributed by atoms with Crippen molar-refractivity contribution < 1.29 is 4.74 Å². The molecule has 1 unspecified atom stereocenters. The molecule has 1 atom stereocenters. The van der Waals surface area contributed by atoms with E-state index < -0.39 is 5.92 Å². The van der Waals surface area contributed by atoms with Crippen molar-refractivity contribution in [3.63, 3.8) is 0 Å². The minimum Gasteiger partial charge on any atom is -0.420 e. The molecule has 148 valence electrons. The fraction of sp³-hybridized carbons (Fsp3) is 0.143. The van der Waals surface area contributed by atoms with E-state index in [1.807, 2.05) is 59.6 Å². The van der Waals surface area contributed by atoms with Gasteiger partial charge in [-0.1, -0.05) is 18.2 Å². The maximum atomic E-state index is 9.94. The Labute approximate surface area is 172 Å². The van der Waals surface area contributed by atoms with Crippen molar-refractivity contribution in [3.05, 3.63) is 83.0 Å². The molecule has 0 spiro atoms. The molecule has 0 saturated carbocycles. The van der Waals surface area contributed by atoms with Gasteiger partial charge < -0.3 is 10.5 Å². The Bertz CT molecular complexity index is 1310. The average molecular weight is 398 g/mol. The number of nitrogens with one attached hydrogen (secondary N) is 1. The van der Waals surface area contributed by atoms with E-state index in [0.717, 1.165) is 34.0 Å². The van der Waals surface area contributed by atoms with Crippen LogP contribution in [0.5, 0.6) is 5.88 Å². The lowest BCUT2D eigenvalue weighted by atomic mass is 9.83. The summed E-state index contributed by atoms with van der Waals surface area (Å²) in [6.07, 6.45) is 5.26. The third-order valence-corrected chi connectivity index (χ3v) is 5.25. The van der Waals surface area contributed by atoms with Crippen LogP contribution >= 0.6 is 0 Å². The smallest absolute Gasteiger partial charge is 0.244 e. The van der Waals surface area contributed by atoms with Gasteiger partial charge in [0.1, 0.15) is 23.8 Å². The van der Waals surface area contributed by atoms with Gasteiger partial charge in [-0.3, -0.25) is 9.67 Å². The lowest BCUT2D eigenvalue weighted by Gasteiger charge is -2.24. The summed E-state index contributed by atoms with van der Waals surface area (Å²) in [5.41, 5.74) is 10.5. The molecule has 0 radical (unpaired) electrons. The first-order chi connectivity index (χ1) is 14.6. The van der Waals surface area contributed by atoms with Crippen LogP contribution in [0.4, 0.5) is 0 Å². The number of nitriles is 1. The molecule has 5 rings (SSSR count). The molecule has 9 nitrogen and oxygen atoms in total. The summed E-state index contributed by atoms with van der Waals surface area (Å²) in [6.45, 7) is 3.82. The van der Waals surface area contributed by atoms with Crippen LogP contribution in [0.3, 0.4) is 0 Å². The number of aromatic amines is 1. The summed E-state index contributed by atoms with van der Waals surface area (Å²) in [5.74, 6) is 0.713. The second kappa shape index (κ2) is 6.63. The van der Waals surface area contributed by atoms with Gasteiger partial charge in [-0.25, -0.2) is 9.67 Å². The Hall–Kier alpha value is -4.32. The molecular weight excluding hydrogens is 380 g/mol. The Morgan fingerprint density at radius 1 is 1.20 bits per heavy atom. The topological polar surface area (TPSA) is 123 Å². The summed E-state index contributed by atoms with van der Waals surface area (Å²) >= 11 is 0. The highest BCUT2D eigenvalue weighted by Crippen LogP contribution is 2.45. The van der Waals surface area contributed by atoms with E-state index in [1.165, 1.54) is 0 Å². The molecule has 3 aromatic heterocycles. The Morgan fingerprint density at radius 2 is 2.00 bits per heavy atom. The van der Waals surface area contributed by atoms with Crippen LogP contribution < -0.4 is 10.5 Å². The van der Waals surface area contributed by atoms with Gasteiger partial charge >= 0.3 is 0 Å². The van der Waals surface area contributed by atoms with E-state index in [4.69, 9.17) is 15.6 Å². The van der Waals surface area contributed by atoms with E-state index in [9.17, 15) is 5.26 Å². The lowest BCUT2D eigenvalue weighted by molar-refractivity contribution is 0.378. The molecule has 4 aromatic rings. The van der Waals surface area contributed by atoms with Crippen molar-refractivity contribution in [1.29, 1.82) is 5.26 Å². The number of rotatable bonds is 3. The van der Waals surface area contributed by atoms with Gasteiger partial charge in [0.15, 0.2) is 0 Å². The first kappa shape index (κ1) is 17.8. The lowest BCUT2D eigenvalue weighted by Crippen LogP contribution is -2.22. The molecular formula is C21H18N8O. The van der Waals surface area contributed by atoms with E-state index in [1.54, 1.807) is 12.5 Å². The molecule has 0 bridgehead atoms. The summed E-state index contributed by atoms with van der Waals surface area (Å²) < 4.78 is 9.35. The summed E-state index contributed by atoms with van der Waals surface area (Å²) in [7, 11) is 0. The number of imidazole rings is 1. The normalized spacial score (nSPS) is 15.6. The quantitative estimate of drug-likeness (QED) is 0.547. The fourth-order valence-electron chi connectivity index (χ4n) is 3.93. The van der Waals surface area contributed by atoms with Crippen LogP contribution in [0, 0.1) is 25.2 Å². The van der Waals surface area contributed by atoms with E-state index in [2.05, 4.69) is 21.3 Å². The molecule has 1 aliphatic rings. The highest BCUT2D eigenvalue weighted by molar-refractivity contribution is 5.61. The van der Waals surface area contributed by atoms with Gasteiger partial charge in [-0.15, -0.1) is 5.10 Å². The summed E-state index contributed by atoms with van der Waals surface area (Å²) in [5, 5.41) is 21.9. The highest BCUT2D eigenvalue weighted by atomic mass is 16.5. The Kier molecular flexibility index (Phi) is 3.93. The second-order valence-corrected chi connectivity index (χ2v) is 7.03. The molecule has 9 heteroatoms.